The maximum atomic E-state index is 5.39. The third-order valence-corrected chi connectivity index (χ3v) is 2.91. The quantitative estimate of drug-likeness (QED) is 0.801. The van der Waals surface area contributed by atoms with Crippen LogP contribution in [-0.2, 0) is 0 Å². The van der Waals surface area contributed by atoms with Gasteiger partial charge in [0.25, 0.3) is 5.88 Å². The van der Waals surface area contributed by atoms with Gasteiger partial charge in [0.1, 0.15) is 6.61 Å². The van der Waals surface area contributed by atoms with Gasteiger partial charge in [-0.1, -0.05) is 42.5 Å². The molecule has 0 saturated heterocycles. The van der Waals surface area contributed by atoms with Crippen molar-refractivity contribution in [1.82, 2.24) is 5.16 Å². The van der Waals surface area contributed by atoms with Gasteiger partial charge in [-0.05, 0) is 15.9 Å². The van der Waals surface area contributed by atoms with Crippen molar-refractivity contribution in [2.45, 2.75) is 0 Å². The maximum absolute atomic E-state index is 5.39. The van der Waals surface area contributed by atoms with Crippen LogP contribution in [0.25, 0.3) is 22.1 Å². The molecule has 20 heavy (non-hydrogen) atoms. The number of rotatable bonds is 4. The van der Waals surface area contributed by atoms with Gasteiger partial charge in [0.2, 0.25) is 0 Å². The minimum Gasteiger partial charge on any atom is -0.474 e. The number of benzene rings is 2. The predicted molar refractivity (Wildman–Crippen MR) is 81.2 cm³/mol. The highest BCUT2D eigenvalue weighted by atomic mass is 35.5. The first-order chi connectivity index (χ1) is 9.38. The number of nitrogens with two attached hydrogens (primary N) is 1. The summed E-state index contributed by atoms with van der Waals surface area (Å²) in [5.41, 5.74) is 6.39. The number of halogens is 1. The van der Waals surface area contributed by atoms with Crippen molar-refractivity contribution in [2.24, 2.45) is 5.73 Å². The highest BCUT2D eigenvalue weighted by molar-refractivity contribution is 5.95. The van der Waals surface area contributed by atoms with Gasteiger partial charge in [-0.2, -0.15) is 0 Å². The van der Waals surface area contributed by atoms with Crippen LogP contribution in [0.4, 0.5) is 0 Å². The molecule has 0 amide bonds. The molecule has 0 aliphatic carbocycles. The summed E-state index contributed by atoms with van der Waals surface area (Å²) in [5.74, 6) is 1.16. The van der Waals surface area contributed by atoms with Gasteiger partial charge in [-0.3, -0.25) is 0 Å². The van der Waals surface area contributed by atoms with E-state index < -0.39 is 0 Å². The minimum atomic E-state index is 0. The van der Waals surface area contributed by atoms with Gasteiger partial charge >= 0.3 is 0 Å². The molecule has 104 valence electrons. The third-order valence-electron chi connectivity index (χ3n) is 2.91. The zero-order valence-electron chi connectivity index (χ0n) is 10.8. The summed E-state index contributed by atoms with van der Waals surface area (Å²) in [7, 11) is 0. The molecule has 0 unspecified atom stereocenters. The summed E-state index contributed by atoms with van der Waals surface area (Å²) < 4.78 is 10.7. The number of hydrogen-bond donors (Lipinski definition) is 1. The van der Waals surface area contributed by atoms with Crippen molar-refractivity contribution in [2.75, 3.05) is 13.2 Å². The molecule has 0 aliphatic rings. The molecule has 0 saturated carbocycles. The van der Waals surface area contributed by atoms with Gasteiger partial charge < -0.3 is 15.0 Å². The number of aromatic nitrogens is 1. The van der Waals surface area contributed by atoms with E-state index >= 15 is 0 Å². The van der Waals surface area contributed by atoms with Gasteiger partial charge in [0.15, 0.2) is 5.76 Å². The largest absolute Gasteiger partial charge is 0.474 e. The minimum absolute atomic E-state index is 0. The van der Waals surface area contributed by atoms with Gasteiger partial charge in [0, 0.05) is 18.2 Å². The fourth-order valence-corrected chi connectivity index (χ4v) is 2.06. The second-order valence-corrected chi connectivity index (χ2v) is 4.19. The Labute approximate surface area is 122 Å². The normalized spacial score (nSPS) is 10.2. The fraction of sp³-hybridized carbons (Fsp3) is 0.133. The van der Waals surface area contributed by atoms with E-state index in [1.54, 1.807) is 6.07 Å². The Kier molecular flexibility index (Phi) is 4.61. The zero-order valence-corrected chi connectivity index (χ0v) is 11.6. The SMILES string of the molecule is Cl.NCCOc1cc(-c2cccc3ccccc23)on1. The van der Waals surface area contributed by atoms with Crippen LogP contribution in [0, 0.1) is 0 Å². The van der Waals surface area contributed by atoms with E-state index in [2.05, 4.69) is 23.4 Å². The van der Waals surface area contributed by atoms with E-state index in [0.29, 0.717) is 24.8 Å². The highest BCUT2D eigenvalue weighted by Crippen LogP contribution is 2.30. The van der Waals surface area contributed by atoms with Gasteiger partial charge in [-0.15, -0.1) is 12.4 Å². The Morgan fingerprint density at radius 3 is 2.75 bits per heavy atom. The molecule has 0 atom stereocenters. The van der Waals surface area contributed by atoms with Crippen molar-refractivity contribution in [3.05, 3.63) is 48.5 Å². The molecule has 5 heteroatoms. The molecule has 0 radical (unpaired) electrons. The second kappa shape index (κ2) is 6.41. The molecule has 0 spiro atoms. The Hall–Kier alpha value is -2.04. The van der Waals surface area contributed by atoms with E-state index in [0.717, 1.165) is 10.9 Å². The maximum Gasteiger partial charge on any atom is 0.254 e. The second-order valence-electron chi connectivity index (χ2n) is 4.19. The smallest absolute Gasteiger partial charge is 0.254 e. The zero-order chi connectivity index (χ0) is 13.1. The molecule has 4 nitrogen and oxygen atoms in total. The Morgan fingerprint density at radius 2 is 1.90 bits per heavy atom. The van der Waals surface area contributed by atoms with Crippen molar-refractivity contribution in [3.63, 3.8) is 0 Å². The Morgan fingerprint density at radius 1 is 1.10 bits per heavy atom. The highest BCUT2D eigenvalue weighted by Gasteiger charge is 2.10. The van der Waals surface area contributed by atoms with Crippen molar-refractivity contribution in [3.8, 4) is 17.2 Å². The van der Waals surface area contributed by atoms with Crippen LogP contribution in [0.2, 0.25) is 0 Å². The first kappa shape index (κ1) is 14.4. The van der Waals surface area contributed by atoms with Crippen molar-refractivity contribution >= 4 is 23.2 Å². The van der Waals surface area contributed by atoms with Crippen LogP contribution < -0.4 is 10.5 Å². The van der Waals surface area contributed by atoms with E-state index in [1.165, 1.54) is 5.39 Å². The van der Waals surface area contributed by atoms with Crippen LogP contribution in [0.15, 0.2) is 53.1 Å². The standard InChI is InChI=1S/C15H14N2O2.ClH/c16-8-9-18-15-10-14(19-17-15)13-7-3-5-11-4-1-2-6-12(11)13;/h1-7,10H,8-9,16H2;1H. The lowest BCUT2D eigenvalue weighted by molar-refractivity contribution is 0.288. The summed E-state index contributed by atoms with van der Waals surface area (Å²) in [5, 5.41) is 6.18. The van der Waals surface area contributed by atoms with E-state index in [4.69, 9.17) is 15.0 Å². The molecule has 1 heterocycles. The molecule has 3 aromatic rings. The first-order valence-corrected chi connectivity index (χ1v) is 6.16. The third kappa shape index (κ3) is 2.76. The molecule has 2 N–H and O–H groups in total. The van der Waals surface area contributed by atoms with Crippen LogP contribution in [-0.4, -0.2) is 18.3 Å². The topological polar surface area (TPSA) is 61.3 Å². The molecule has 0 aliphatic heterocycles. The predicted octanol–water partition coefficient (Wildman–Crippen LogP) is 3.25. The number of fused-ring (bicyclic) bond motifs is 1. The average molecular weight is 291 g/mol. The van der Waals surface area contributed by atoms with E-state index in [9.17, 15) is 0 Å². The summed E-state index contributed by atoms with van der Waals surface area (Å²) in [6, 6.07) is 16.0. The lowest BCUT2D eigenvalue weighted by Gasteiger charge is -2.02. The summed E-state index contributed by atoms with van der Waals surface area (Å²) in [4.78, 5) is 0. The van der Waals surface area contributed by atoms with E-state index in [-0.39, 0.29) is 12.4 Å². The lowest BCUT2D eigenvalue weighted by Crippen LogP contribution is -2.10. The Balaban J connectivity index is 0.00000147. The summed E-state index contributed by atoms with van der Waals surface area (Å²) in [6.45, 7) is 0.887. The average Bonchev–Trinajstić information content (AvgIpc) is 2.93. The van der Waals surface area contributed by atoms with Gasteiger partial charge in [0.05, 0.1) is 0 Å². The van der Waals surface area contributed by atoms with Crippen LogP contribution >= 0.6 is 12.4 Å². The molecule has 0 bridgehead atoms. The van der Waals surface area contributed by atoms with Crippen molar-refractivity contribution in [1.29, 1.82) is 0 Å². The van der Waals surface area contributed by atoms with E-state index in [1.807, 2.05) is 24.3 Å². The number of hydrogen-bond acceptors (Lipinski definition) is 4. The molecular formula is C15H15ClN2O2. The molecule has 0 fully saturated rings. The first-order valence-electron chi connectivity index (χ1n) is 6.16. The van der Waals surface area contributed by atoms with Crippen LogP contribution in [0.5, 0.6) is 5.88 Å². The molecule has 2 aromatic carbocycles. The summed E-state index contributed by atoms with van der Waals surface area (Å²) in [6.07, 6.45) is 0. The lowest BCUT2D eigenvalue weighted by atomic mass is 10.0. The molecule has 1 aromatic heterocycles. The molecular weight excluding hydrogens is 276 g/mol. The van der Waals surface area contributed by atoms with Gasteiger partial charge in [-0.25, -0.2) is 0 Å². The van der Waals surface area contributed by atoms with Crippen molar-refractivity contribution < 1.29 is 9.26 Å². The fourth-order valence-electron chi connectivity index (χ4n) is 2.06. The number of ether oxygens (including phenoxy) is 1. The van der Waals surface area contributed by atoms with Crippen LogP contribution in [0.1, 0.15) is 0 Å². The Bertz CT molecular complexity index is 692. The van der Waals surface area contributed by atoms with Crippen LogP contribution in [0.3, 0.4) is 0 Å². The monoisotopic (exact) mass is 290 g/mol. The molecule has 3 rings (SSSR count). The number of nitrogens with zero attached hydrogens (tertiary/aromatic N) is 1. The summed E-state index contributed by atoms with van der Waals surface area (Å²) >= 11 is 0.